The van der Waals surface area contributed by atoms with Gasteiger partial charge in [0.1, 0.15) is 0 Å². The highest BCUT2D eigenvalue weighted by Crippen LogP contribution is 2.26. The number of fused-ring (bicyclic) bond motifs is 1. The number of hydrogen-bond donors (Lipinski definition) is 3. The lowest BCUT2D eigenvalue weighted by atomic mass is 10.1. The predicted molar refractivity (Wildman–Crippen MR) is 124 cm³/mol. The zero-order valence-corrected chi connectivity index (χ0v) is 17.9. The molecular formula is C24H28N4S. The number of nitrogens with zero attached hydrogens (tertiary/aromatic N) is 2. The zero-order chi connectivity index (χ0) is 20.2. The van der Waals surface area contributed by atoms with Gasteiger partial charge in [-0.2, -0.15) is 5.10 Å². The summed E-state index contributed by atoms with van der Waals surface area (Å²) in [4.78, 5) is 1.02. The molecule has 2 unspecified atom stereocenters. The van der Waals surface area contributed by atoms with Crippen molar-refractivity contribution in [2.45, 2.75) is 37.8 Å². The van der Waals surface area contributed by atoms with Gasteiger partial charge < -0.3 is 9.88 Å². The van der Waals surface area contributed by atoms with Gasteiger partial charge in [-0.1, -0.05) is 23.8 Å². The predicted octanol–water partition coefficient (Wildman–Crippen LogP) is 5.31. The summed E-state index contributed by atoms with van der Waals surface area (Å²) in [7, 11) is 0. The second-order valence-corrected chi connectivity index (χ2v) is 8.49. The molecule has 1 fully saturated rings. The highest BCUT2D eigenvalue weighted by molar-refractivity contribution is 7.80. The lowest BCUT2D eigenvalue weighted by molar-refractivity contribution is 0.483. The van der Waals surface area contributed by atoms with Crippen molar-refractivity contribution in [3.05, 3.63) is 72.7 Å². The molecule has 0 radical (unpaired) electrons. The van der Waals surface area contributed by atoms with E-state index in [2.05, 4.69) is 77.0 Å². The van der Waals surface area contributed by atoms with E-state index in [0.717, 1.165) is 29.5 Å². The topological polar surface area (TPSA) is 45.6 Å². The van der Waals surface area contributed by atoms with E-state index in [1.807, 2.05) is 36.7 Å². The van der Waals surface area contributed by atoms with Crippen LogP contribution in [0.3, 0.4) is 0 Å². The maximum absolute atomic E-state index is 4.13. The van der Waals surface area contributed by atoms with E-state index in [1.165, 1.54) is 28.5 Å². The molecule has 3 heterocycles. The SMILES string of the molecule is CC1CC(Cn2ccc3cc(-c4cn[nH]c4)ccc32)CN1.Cc1ccc(S)cc1. The van der Waals surface area contributed by atoms with Crippen LogP contribution in [0.25, 0.3) is 22.0 Å². The Labute approximate surface area is 177 Å². The van der Waals surface area contributed by atoms with Crippen molar-refractivity contribution in [1.29, 1.82) is 0 Å². The number of aromatic amines is 1. The van der Waals surface area contributed by atoms with Gasteiger partial charge in [-0.05, 0) is 68.6 Å². The number of aryl methyl sites for hydroxylation is 1. The fourth-order valence-corrected chi connectivity index (χ4v) is 4.09. The lowest BCUT2D eigenvalue weighted by Gasteiger charge is -2.11. The summed E-state index contributed by atoms with van der Waals surface area (Å²) >= 11 is 4.13. The molecular weight excluding hydrogens is 376 g/mol. The third-order valence-corrected chi connectivity index (χ3v) is 5.83. The van der Waals surface area contributed by atoms with Gasteiger partial charge in [0.05, 0.1) is 6.20 Å². The highest BCUT2D eigenvalue weighted by atomic mass is 32.1. The first kappa shape index (κ1) is 19.8. The Bertz CT molecular complexity index is 1030. The molecule has 1 aliphatic heterocycles. The minimum atomic E-state index is 0.657. The highest BCUT2D eigenvalue weighted by Gasteiger charge is 2.21. The molecule has 4 nitrogen and oxygen atoms in total. The molecule has 150 valence electrons. The smallest absolute Gasteiger partial charge is 0.0565 e. The Hall–Kier alpha value is -2.50. The largest absolute Gasteiger partial charge is 0.347 e. The molecule has 1 aliphatic rings. The number of benzene rings is 2. The average molecular weight is 405 g/mol. The van der Waals surface area contributed by atoms with Gasteiger partial charge in [0.25, 0.3) is 0 Å². The van der Waals surface area contributed by atoms with E-state index in [4.69, 9.17) is 0 Å². The van der Waals surface area contributed by atoms with Crippen LogP contribution in [-0.2, 0) is 6.54 Å². The van der Waals surface area contributed by atoms with Crippen molar-refractivity contribution in [3.8, 4) is 11.1 Å². The van der Waals surface area contributed by atoms with E-state index in [-0.39, 0.29) is 0 Å². The summed E-state index contributed by atoms with van der Waals surface area (Å²) in [5.74, 6) is 0.740. The first-order valence-corrected chi connectivity index (χ1v) is 10.6. The molecule has 0 aliphatic carbocycles. The van der Waals surface area contributed by atoms with Crippen molar-refractivity contribution < 1.29 is 0 Å². The quantitative estimate of drug-likeness (QED) is 0.405. The van der Waals surface area contributed by atoms with Gasteiger partial charge in [-0.25, -0.2) is 0 Å². The summed E-state index contributed by atoms with van der Waals surface area (Å²) in [5, 5.41) is 11.7. The van der Waals surface area contributed by atoms with Crippen LogP contribution in [0.4, 0.5) is 0 Å². The number of rotatable bonds is 3. The summed E-state index contributed by atoms with van der Waals surface area (Å²) in [6.07, 6.45) is 7.28. The normalized spacial score (nSPS) is 18.6. The Morgan fingerprint density at radius 2 is 1.93 bits per heavy atom. The average Bonchev–Trinajstić information content (AvgIpc) is 3.47. The Morgan fingerprint density at radius 3 is 2.59 bits per heavy atom. The van der Waals surface area contributed by atoms with Crippen LogP contribution in [0.1, 0.15) is 18.9 Å². The number of hydrogen-bond acceptors (Lipinski definition) is 3. The molecule has 0 spiro atoms. The van der Waals surface area contributed by atoms with Crippen LogP contribution < -0.4 is 5.32 Å². The first-order chi connectivity index (χ1) is 14.1. The van der Waals surface area contributed by atoms with Gasteiger partial charge >= 0.3 is 0 Å². The molecule has 1 saturated heterocycles. The van der Waals surface area contributed by atoms with E-state index in [0.29, 0.717) is 6.04 Å². The molecule has 2 aromatic heterocycles. The van der Waals surface area contributed by atoms with Crippen molar-refractivity contribution in [1.82, 2.24) is 20.1 Å². The van der Waals surface area contributed by atoms with E-state index < -0.39 is 0 Å². The van der Waals surface area contributed by atoms with Crippen molar-refractivity contribution >= 4 is 23.5 Å². The van der Waals surface area contributed by atoms with Crippen LogP contribution in [0.15, 0.2) is 72.0 Å². The van der Waals surface area contributed by atoms with Gasteiger partial charge in [0, 0.05) is 46.3 Å². The summed E-state index contributed by atoms with van der Waals surface area (Å²) in [5.41, 5.74) is 4.95. The molecule has 0 amide bonds. The van der Waals surface area contributed by atoms with Crippen LogP contribution in [0, 0.1) is 12.8 Å². The van der Waals surface area contributed by atoms with Gasteiger partial charge in [-0.3, -0.25) is 5.10 Å². The van der Waals surface area contributed by atoms with E-state index in [1.54, 1.807) is 0 Å². The van der Waals surface area contributed by atoms with E-state index >= 15 is 0 Å². The van der Waals surface area contributed by atoms with Gasteiger partial charge in [0.2, 0.25) is 0 Å². The van der Waals surface area contributed by atoms with Crippen LogP contribution in [0.2, 0.25) is 0 Å². The van der Waals surface area contributed by atoms with E-state index in [9.17, 15) is 0 Å². The zero-order valence-electron chi connectivity index (χ0n) is 17.0. The standard InChI is InChI=1S/C17H20N4.C7H8S/c1-12-6-13(8-18-12)11-21-5-4-15-7-14(2-3-17(15)21)16-9-19-20-10-16;1-6-2-4-7(8)5-3-6/h2-5,7,9-10,12-13,18H,6,8,11H2,1H3,(H,19,20);2-5,8H,1H3. The van der Waals surface area contributed by atoms with Crippen molar-refractivity contribution in [2.24, 2.45) is 5.92 Å². The third kappa shape index (κ3) is 4.92. The molecule has 2 atom stereocenters. The molecule has 4 aromatic rings. The van der Waals surface area contributed by atoms with Gasteiger partial charge in [-0.15, -0.1) is 12.6 Å². The number of H-pyrrole nitrogens is 1. The summed E-state index contributed by atoms with van der Waals surface area (Å²) in [6.45, 7) is 6.57. The molecule has 29 heavy (non-hydrogen) atoms. The van der Waals surface area contributed by atoms with Crippen LogP contribution in [0.5, 0.6) is 0 Å². The molecule has 2 aromatic carbocycles. The molecule has 5 heteroatoms. The minimum absolute atomic E-state index is 0.657. The van der Waals surface area contributed by atoms with Crippen molar-refractivity contribution in [2.75, 3.05) is 6.54 Å². The summed E-state index contributed by atoms with van der Waals surface area (Å²) in [6, 6.07) is 17.6. The summed E-state index contributed by atoms with van der Waals surface area (Å²) < 4.78 is 2.39. The Balaban J connectivity index is 0.000000216. The lowest BCUT2D eigenvalue weighted by Crippen LogP contribution is -2.17. The Kier molecular flexibility index (Phi) is 6.07. The minimum Gasteiger partial charge on any atom is -0.347 e. The van der Waals surface area contributed by atoms with Gasteiger partial charge in [0.15, 0.2) is 0 Å². The molecule has 0 saturated carbocycles. The monoisotopic (exact) mass is 404 g/mol. The maximum Gasteiger partial charge on any atom is 0.0565 e. The molecule has 0 bridgehead atoms. The number of aromatic nitrogens is 3. The fraction of sp³-hybridized carbons (Fsp3) is 0.292. The Morgan fingerprint density at radius 1 is 1.10 bits per heavy atom. The molecule has 5 rings (SSSR count). The van der Waals surface area contributed by atoms with Crippen LogP contribution >= 0.6 is 12.6 Å². The number of thiol groups is 1. The van der Waals surface area contributed by atoms with Crippen LogP contribution in [-0.4, -0.2) is 27.4 Å². The molecule has 2 N–H and O–H groups in total. The second kappa shape index (κ2) is 8.89. The maximum atomic E-state index is 4.13. The fourth-order valence-electron chi connectivity index (χ4n) is 3.94. The second-order valence-electron chi connectivity index (χ2n) is 7.98. The van der Waals surface area contributed by atoms with Crippen molar-refractivity contribution in [3.63, 3.8) is 0 Å². The number of nitrogens with one attached hydrogen (secondary N) is 2. The third-order valence-electron chi connectivity index (χ3n) is 5.53. The first-order valence-electron chi connectivity index (χ1n) is 10.2.